The highest BCUT2D eigenvalue weighted by atomic mass is 35.5. The van der Waals surface area contributed by atoms with Gasteiger partial charge in [0.2, 0.25) is 11.8 Å². The molecule has 0 aromatic heterocycles. The fourth-order valence-electron chi connectivity index (χ4n) is 8.00. The molecule has 0 radical (unpaired) electrons. The molecule has 4 aliphatic rings. The maximum atomic E-state index is 14.3. The number of ether oxygens (including phenoxy) is 7. The SMILES string of the molecule is COCC(CCC(=O)N(C)[C@@H](C)C(=O)O[C@H]1CC(=O)N(C)c2cc(cc(OC)c2Cl)C/C(C)=C/C=C/[C@@H](OC)[C@@]2(O)C[C@H](OC(=O)N2)C2(C)C[C@@]1(C)O2)(COC)SSC. The van der Waals surface area contributed by atoms with Gasteiger partial charge in [0.25, 0.3) is 0 Å². The molecule has 2 fully saturated rings. The van der Waals surface area contributed by atoms with Crippen LogP contribution in [0.1, 0.15) is 65.4 Å². The number of anilines is 1. The van der Waals surface area contributed by atoms with Gasteiger partial charge in [-0.2, -0.15) is 0 Å². The number of aliphatic hydroxyl groups is 1. The van der Waals surface area contributed by atoms with Gasteiger partial charge in [-0.05, 0) is 64.5 Å². The summed E-state index contributed by atoms with van der Waals surface area (Å²) < 4.78 is 40.2. The van der Waals surface area contributed by atoms with Gasteiger partial charge in [0.1, 0.15) is 46.3 Å². The minimum absolute atomic E-state index is 0.109. The predicted octanol–water partition coefficient (Wildman–Crippen LogP) is 5.48. The Morgan fingerprint density at radius 1 is 1.15 bits per heavy atom. The number of hydrogen-bond donors (Lipinski definition) is 2. The standard InChI is InChI=1S/C41H60ClN3O12S2/c1-25-13-12-14-30(54-10)41(50)21-32(56-37(49)43-41)39(4)22-38(3,57-39)31(20-34(47)45(6)28-18-27(17-25)19-29(53-9)35(28)42)55-36(48)26(2)44(5)33(46)15-16-40(23-51-7,24-52-8)59-58-11/h12-14,18-19,26,30-32,50H,15-17,20-24H2,1-11H3,(H,43,49)/b14-12+,25-13+/t26-,30+,31-,32-,38+,39?,41-/m0/s1. The molecule has 15 nitrogen and oxygen atoms in total. The van der Waals surface area contributed by atoms with E-state index in [1.54, 1.807) is 87.9 Å². The van der Waals surface area contributed by atoms with E-state index in [1.165, 1.54) is 31.1 Å². The van der Waals surface area contributed by atoms with Crippen LogP contribution < -0.4 is 15.0 Å². The second-order valence-electron chi connectivity index (χ2n) is 16.0. The predicted molar refractivity (Wildman–Crippen MR) is 228 cm³/mol. The molecule has 0 aliphatic carbocycles. The van der Waals surface area contributed by atoms with Crippen LogP contribution in [0.2, 0.25) is 5.02 Å². The lowest BCUT2D eigenvalue weighted by molar-refractivity contribution is -0.328. The van der Waals surface area contributed by atoms with Gasteiger partial charge in [-0.1, -0.05) is 57.0 Å². The summed E-state index contributed by atoms with van der Waals surface area (Å²) in [6.07, 6.45) is 3.90. The normalized spacial score (nSPS) is 29.5. The molecule has 4 aliphatic heterocycles. The molecule has 5 rings (SSSR count). The summed E-state index contributed by atoms with van der Waals surface area (Å²) in [6.45, 7) is 7.64. The van der Waals surface area contributed by atoms with E-state index in [0.29, 0.717) is 37.5 Å². The molecule has 0 saturated carbocycles. The Balaban J connectivity index is 1.69. The second kappa shape index (κ2) is 20.2. The quantitative estimate of drug-likeness (QED) is 0.178. The lowest BCUT2D eigenvalue weighted by Gasteiger charge is -2.59. The monoisotopic (exact) mass is 885 g/mol. The Labute approximate surface area is 360 Å². The Morgan fingerprint density at radius 3 is 2.41 bits per heavy atom. The molecule has 4 heterocycles. The average Bonchev–Trinajstić information content (AvgIpc) is 3.16. The Hall–Kier alpha value is -3.03. The highest BCUT2D eigenvalue weighted by Crippen LogP contribution is 2.50. The van der Waals surface area contributed by atoms with Crippen molar-refractivity contribution in [3.63, 3.8) is 0 Å². The van der Waals surface area contributed by atoms with E-state index < -0.39 is 64.0 Å². The molecule has 18 heteroatoms. The largest absolute Gasteiger partial charge is 0.495 e. The average molecular weight is 887 g/mol. The lowest BCUT2D eigenvalue weighted by atomic mass is 9.72. The van der Waals surface area contributed by atoms with Crippen LogP contribution in [-0.2, 0) is 49.2 Å². The second-order valence-corrected chi connectivity index (χ2v) is 19.2. The first-order valence-electron chi connectivity index (χ1n) is 19.3. The van der Waals surface area contributed by atoms with Gasteiger partial charge < -0.3 is 48.1 Å². The van der Waals surface area contributed by atoms with Gasteiger partial charge in [0.05, 0.1) is 37.2 Å². The molecule has 330 valence electrons. The minimum Gasteiger partial charge on any atom is -0.495 e. The number of amides is 3. The van der Waals surface area contributed by atoms with Crippen LogP contribution in [0.15, 0.2) is 35.9 Å². The highest BCUT2D eigenvalue weighted by Gasteiger charge is 2.63. The highest BCUT2D eigenvalue weighted by molar-refractivity contribution is 8.77. The number of halogens is 1. The van der Waals surface area contributed by atoms with Gasteiger partial charge >= 0.3 is 12.1 Å². The number of likely N-dealkylation sites (N-methyl/N-ethyl adjacent to an activating group) is 1. The first-order chi connectivity index (χ1) is 27.7. The van der Waals surface area contributed by atoms with Crippen LogP contribution in [0, 0.1) is 0 Å². The molecule has 6 bridgehead atoms. The van der Waals surface area contributed by atoms with Gasteiger partial charge in [-0.25, -0.2) is 9.59 Å². The number of rotatable bonds is 14. The van der Waals surface area contributed by atoms with Crippen LogP contribution in [0.25, 0.3) is 0 Å². The number of carbonyl (C=O) groups is 4. The number of methoxy groups -OCH3 is 4. The van der Waals surface area contributed by atoms with Crippen LogP contribution in [0.3, 0.4) is 0 Å². The van der Waals surface area contributed by atoms with E-state index in [2.05, 4.69) is 5.32 Å². The van der Waals surface area contributed by atoms with Crippen molar-refractivity contribution < 1.29 is 57.4 Å². The van der Waals surface area contributed by atoms with E-state index >= 15 is 0 Å². The fraction of sp³-hybridized carbons (Fsp3) is 0.659. The van der Waals surface area contributed by atoms with Gasteiger partial charge in [0, 0.05) is 54.7 Å². The zero-order chi connectivity index (χ0) is 43.9. The van der Waals surface area contributed by atoms with E-state index in [0.717, 1.165) is 11.1 Å². The van der Waals surface area contributed by atoms with Crippen LogP contribution in [0.4, 0.5) is 10.5 Å². The van der Waals surface area contributed by atoms with Crippen molar-refractivity contribution in [2.75, 3.05) is 66.9 Å². The fourth-order valence-corrected chi connectivity index (χ4v) is 10.8. The molecule has 1 aromatic rings. The smallest absolute Gasteiger partial charge is 0.409 e. The van der Waals surface area contributed by atoms with E-state index in [9.17, 15) is 24.3 Å². The summed E-state index contributed by atoms with van der Waals surface area (Å²) in [5.41, 5.74) is -2.22. The van der Waals surface area contributed by atoms with Gasteiger partial charge in [-0.15, -0.1) is 0 Å². The first kappa shape index (κ1) is 48.6. The van der Waals surface area contributed by atoms with Crippen LogP contribution >= 0.6 is 33.2 Å². The molecular weight excluding hydrogens is 826 g/mol. The first-order valence-corrected chi connectivity index (χ1v) is 22.2. The van der Waals surface area contributed by atoms with Crippen molar-refractivity contribution in [3.05, 3.63) is 46.5 Å². The van der Waals surface area contributed by atoms with Crippen molar-refractivity contribution in [2.45, 2.75) is 112 Å². The topological polar surface area (TPSA) is 172 Å². The number of benzene rings is 1. The van der Waals surface area contributed by atoms with Crippen molar-refractivity contribution in [1.29, 1.82) is 0 Å². The third-order valence-electron chi connectivity index (χ3n) is 11.3. The zero-order valence-corrected chi connectivity index (χ0v) is 38.3. The summed E-state index contributed by atoms with van der Waals surface area (Å²) >= 11 is 6.80. The molecule has 1 aromatic carbocycles. The number of nitrogens with one attached hydrogen (secondary N) is 1. The molecule has 59 heavy (non-hydrogen) atoms. The van der Waals surface area contributed by atoms with E-state index in [4.69, 9.17) is 44.8 Å². The third-order valence-corrected chi connectivity index (χ3v) is 14.2. The molecular formula is C41H60ClN3O12S2. The zero-order valence-electron chi connectivity index (χ0n) is 35.9. The number of hydrogen-bond acceptors (Lipinski definition) is 14. The number of fused-ring (bicyclic) bond motifs is 6. The molecule has 3 amide bonds. The maximum Gasteiger partial charge on any atom is 0.409 e. The number of carbonyl (C=O) groups excluding carboxylic acids is 4. The Kier molecular flexibility index (Phi) is 16.7. The van der Waals surface area contributed by atoms with Crippen LogP contribution in [0.5, 0.6) is 5.75 Å². The molecule has 1 unspecified atom stereocenters. The molecule has 7 atom stereocenters. The van der Waals surface area contributed by atoms with Gasteiger partial charge in [-0.3, -0.25) is 14.9 Å². The van der Waals surface area contributed by atoms with Crippen molar-refractivity contribution >= 4 is 62.8 Å². The van der Waals surface area contributed by atoms with Crippen molar-refractivity contribution in [3.8, 4) is 5.75 Å². The number of allylic oxidation sites excluding steroid dienone is 3. The molecule has 0 spiro atoms. The van der Waals surface area contributed by atoms with Gasteiger partial charge in [0.15, 0.2) is 5.72 Å². The molecule has 2 N–H and O–H groups in total. The summed E-state index contributed by atoms with van der Waals surface area (Å²) in [4.78, 5) is 57.5. The van der Waals surface area contributed by atoms with Crippen molar-refractivity contribution in [2.24, 2.45) is 0 Å². The molecule has 2 saturated heterocycles. The van der Waals surface area contributed by atoms with E-state index in [1.807, 2.05) is 19.3 Å². The summed E-state index contributed by atoms with van der Waals surface area (Å²) in [5, 5.41) is 14.5. The minimum atomic E-state index is -1.87. The number of nitrogens with zero attached hydrogens (tertiary/aromatic N) is 2. The Bertz CT molecular complexity index is 1740. The number of alkyl carbamates (subject to hydrolysis) is 1. The summed E-state index contributed by atoms with van der Waals surface area (Å²) in [7, 11) is 12.3. The van der Waals surface area contributed by atoms with Crippen molar-refractivity contribution in [1.82, 2.24) is 10.2 Å². The van der Waals surface area contributed by atoms with Crippen LogP contribution in [-0.4, -0.2) is 142 Å². The summed E-state index contributed by atoms with van der Waals surface area (Å²) in [5.74, 6) is -1.13. The third kappa shape index (κ3) is 11.3. The number of esters is 1. The Morgan fingerprint density at radius 2 is 1.81 bits per heavy atom. The maximum absolute atomic E-state index is 14.3. The lowest BCUT2D eigenvalue weighted by Crippen LogP contribution is -2.72. The van der Waals surface area contributed by atoms with E-state index in [-0.39, 0.29) is 36.6 Å². The summed E-state index contributed by atoms with van der Waals surface area (Å²) in [6, 6.07) is 2.54.